The summed E-state index contributed by atoms with van der Waals surface area (Å²) in [4.78, 5) is 29.5. The monoisotopic (exact) mass is 647 g/mol. The fraction of sp³-hybridized carbons (Fsp3) is 0.290. The van der Waals surface area contributed by atoms with E-state index in [-0.39, 0.29) is 23.0 Å². The van der Waals surface area contributed by atoms with Crippen LogP contribution in [0.3, 0.4) is 0 Å². The SMILES string of the molecule is CNc1nccc(-c2cccnc2Oc2ccc(F)c(C(=O)Nc3cc(C(F)(F)C(F)(F)F)ccc3N(C)CCCN(C)C)c2)n1. The number of carbonyl (C=O) groups excluding carboxylic acids is 1. The summed E-state index contributed by atoms with van der Waals surface area (Å²) in [6, 6.07) is 10.5. The molecule has 0 saturated carbocycles. The number of aromatic nitrogens is 3. The number of nitrogens with one attached hydrogen (secondary N) is 2. The fourth-order valence-corrected chi connectivity index (χ4v) is 4.41. The van der Waals surface area contributed by atoms with Gasteiger partial charge in [0, 0.05) is 38.6 Å². The van der Waals surface area contributed by atoms with E-state index in [9.17, 15) is 31.1 Å². The Morgan fingerprint density at radius 3 is 2.39 bits per heavy atom. The van der Waals surface area contributed by atoms with E-state index in [1.165, 1.54) is 18.5 Å². The molecule has 2 aromatic heterocycles. The van der Waals surface area contributed by atoms with Crippen LogP contribution in [0.25, 0.3) is 11.3 Å². The van der Waals surface area contributed by atoms with Crippen molar-refractivity contribution < 1.29 is 35.9 Å². The summed E-state index contributed by atoms with van der Waals surface area (Å²) in [5, 5.41) is 5.15. The van der Waals surface area contributed by atoms with Gasteiger partial charge in [-0.3, -0.25) is 4.79 Å². The number of hydrogen-bond acceptors (Lipinski definition) is 8. The number of hydrogen-bond donors (Lipinski definition) is 2. The molecule has 0 aliphatic carbocycles. The van der Waals surface area contributed by atoms with Crippen LogP contribution >= 0.6 is 0 Å². The Morgan fingerprint density at radius 2 is 1.70 bits per heavy atom. The zero-order chi connectivity index (χ0) is 33.6. The standard InChI is InChI=1S/C31H31F6N7O2/c1-38-29-40-14-12-24(42-29)21-7-5-13-39-28(21)46-20-9-10-23(32)22(18-20)27(45)41-25-17-19(30(33,34)31(35,36)37)8-11-26(25)44(4)16-6-15-43(2)3/h5,7-14,17-18H,6,15-16H2,1-4H3,(H,41,45)(H,38,40,42). The lowest BCUT2D eigenvalue weighted by Crippen LogP contribution is -2.34. The van der Waals surface area contributed by atoms with Crippen LogP contribution in [0.1, 0.15) is 22.3 Å². The van der Waals surface area contributed by atoms with E-state index in [1.54, 1.807) is 37.2 Å². The van der Waals surface area contributed by atoms with Gasteiger partial charge in [0.1, 0.15) is 11.6 Å². The predicted octanol–water partition coefficient (Wildman–Crippen LogP) is 6.81. The number of alkyl halides is 5. The van der Waals surface area contributed by atoms with Crippen molar-refractivity contribution in [2.24, 2.45) is 0 Å². The van der Waals surface area contributed by atoms with Crippen molar-refractivity contribution in [1.82, 2.24) is 19.9 Å². The fourth-order valence-electron chi connectivity index (χ4n) is 4.41. The summed E-state index contributed by atoms with van der Waals surface area (Å²) in [6.45, 7) is 1.04. The number of carbonyl (C=O) groups is 1. The molecule has 2 aromatic carbocycles. The number of ether oxygens (including phenoxy) is 1. The van der Waals surface area contributed by atoms with Crippen LogP contribution in [0, 0.1) is 5.82 Å². The van der Waals surface area contributed by atoms with Crippen molar-refractivity contribution in [3.8, 4) is 22.9 Å². The molecule has 0 unspecified atom stereocenters. The van der Waals surface area contributed by atoms with Gasteiger partial charge in [-0.2, -0.15) is 22.0 Å². The average Bonchev–Trinajstić information content (AvgIpc) is 3.01. The maximum absolute atomic E-state index is 15.0. The third kappa shape index (κ3) is 7.83. The molecule has 0 saturated heterocycles. The van der Waals surface area contributed by atoms with Gasteiger partial charge >= 0.3 is 12.1 Å². The Morgan fingerprint density at radius 1 is 0.935 bits per heavy atom. The topological polar surface area (TPSA) is 95.5 Å². The average molecular weight is 648 g/mol. The third-order valence-corrected chi connectivity index (χ3v) is 6.80. The van der Waals surface area contributed by atoms with Gasteiger partial charge < -0.3 is 25.2 Å². The van der Waals surface area contributed by atoms with Crippen molar-refractivity contribution in [3.63, 3.8) is 0 Å². The van der Waals surface area contributed by atoms with Gasteiger partial charge in [-0.15, -0.1) is 0 Å². The van der Waals surface area contributed by atoms with E-state index in [0.29, 0.717) is 48.8 Å². The second-order valence-corrected chi connectivity index (χ2v) is 10.5. The first-order valence-corrected chi connectivity index (χ1v) is 13.9. The smallest absolute Gasteiger partial charge is 0.438 e. The van der Waals surface area contributed by atoms with Crippen LogP contribution < -0.4 is 20.3 Å². The van der Waals surface area contributed by atoms with Gasteiger partial charge in [-0.25, -0.2) is 19.3 Å². The molecule has 4 rings (SSSR count). The van der Waals surface area contributed by atoms with Gasteiger partial charge in [0.2, 0.25) is 11.8 Å². The minimum atomic E-state index is -5.88. The maximum atomic E-state index is 15.0. The van der Waals surface area contributed by atoms with Crippen molar-refractivity contribution >= 4 is 23.2 Å². The third-order valence-electron chi connectivity index (χ3n) is 6.80. The molecule has 9 nitrogen and oxygen atoms in total. The quantitative estimate of drug-likeness (QED) is 0.162. The molecule has 15 heteroatoms. The van der Waals surface area contributed by atoms with Crippen LogP contribution in [-0.2, 0) is 5.92 Å². The molecule has 0 aliphatic heterocycles. The largest absolute Gasteiger partial charge is 0.458 e. The lowest BCUT2D eigenvalue weighted by atomic mass is 10.0. The second kappa shape index (κ2) is 14.0. The van der Waals surface area contributed by atoms with E-state index in [4.69, 9.17) is 4.74 Å². The molecule has 244 valence electrons. The van der Waals surface area contributed by atoms with Crippen LogP contribution in [0.2, 0.25) is 0 Å². The Hall–Kier alpha value is -4.92. The highest BCUT2D eigenvalue weighted by molar-refractivity contribution is 6.06. The van der Waals surface area contributed by atoms with Crippen LogP contribution in [0.4, 0.5) is 43.7 Å². The summed E-state index contributed by atoms with van der Waals surface area (Å²) in [7, 11) is 6.96. The molecule has 0 radical (unpaired) electrons. The first-order valence-electron chi connectivity index (χ1n) is 13.9. The molecule has 0 atom stereocenters. The molecule has 0 fully saturated rings. The maximum Gasteiger partial charge on any atom is 0.458 e. The minimum Gasteiger partial charge on any atom is -0.438 e. The molecule has 4 aromatic rings. The van der Waals surface area contributed by atoms with E-state index < -0.39 is 35.0 Å². The summed E-state index contributed by atoms with van der Waals surface area (Å²) in [5.41, 5.74) is -1.22. The Kier molecular flexibility index (Phi) is 10.4. The number of pyridine rings is 1. The van der Waals surface area contributed by atoms with E-state index in [0.717, 1.165) is 18.2 Å². The highest BCUT2D eigenvalue weighted by Gasteiger charge is 2.58. The Bertz CT molecular complexity index is 1680. The summed E-state index contributed by atoms with van der Waals surface area (Å²) in [5.74, 6) is -6.89. The first kappa shape index (κ1) is 34.0. The van der Waals surface area contributed by atoms with E-state index >= 15 is 0 Å². The zero-order valence-corrected chi connectivity index (χ0v) is 25.3. The zero-order valence-electron chi connectivity index (χ0n) is 25.3. The van der Waals surface area contributed by atoms with Gasteiger partial charge in [-0.05, 0) is 75.6 Å². The van der Waals surface area contributed by atoms with E-state index in [1.807, 2.05) is 19.0 Å². The van der Waals surface area contributed by atoms with Gasteiger partial charge in [0.15, 0.2) is 0 Å². The summed E-state index contributed by atoms with van der Waals surface area (Å²) < 4.78 is 89.1. The lowest BCUT2D eigenvalue weighted by Gasteiger charge is -2.26. The van der Waals surface area contributed by atoms with Gasteiger partial charge in [0.05, 0.1) is 28.2 Å². The number of anilines is 3. The van der Waals surface area contributed by atoms with Gasteiger partial charge in [-0.1, -0.05) is 6.07 Å². The summed E-state index contributed by atoms with van der Waals surface area (Å²) in [6.07, 6.45) is -2.28. The Labute approximate surface area is 261 Å². The van der Waals surface area contributed by atoms with E-state index in [2.05, 4.69) is 25.6 Å². The molecule has 2 heterocycles. The van der Waals surface area contributed by atoms with Crippen LogP contribution in [-0.4, -0.2) is 73.2 Å². The highest BCUT2D eigenvalue weighted by atomic mass is 19.4. The van der Waals surface area contributed by atoms with Crippen molar-refractivity contribution in [2.75, 3.05) is 56.8 Å². The number of halogens is 6. The van der Waals surface area contributed by atoms with Crippen LogP contribution in [0.5, 0.6) is 11.6 Å². The molecule has 0 spiro atoms. The highest BCUT2D eigenvalue weighted by Crippen LogP contribution is 2.45. The Balaban J connectivity index is 1.66. The molecule has 1 amide bonds. The predicted molar refractivity (Wildman–Crippen MR) is 162 cm³/mol. The molecule has 0 aliphatic rings. The first-order chi connectivity index (χ1) is 21.7. The molecule has 46 heavy (non-hydrogen) atoms. The lowest BCUT2D eigenvalue weighted by molar-refractivity contribution is -0.289. The number of amides is 1. The second-order valence-electron chi connectivity index (χ2n) is 10.5. The van der Waals surface area contributed by atoms with Crippen LogP contribution in [0.15, 0.2) is 67.0 Å². The number of nitrogens with zero attached hydrogens (tertiary/aromatic N) is 5. The number of rotatable bonds is 12. The van der Waals surface area contributed by atoms with Crippen molar-refractivity contribution in [3.05, 3.63) is 83.9 Å². The molecular weight excluding hydrogens is 616 g/mol. The molecular formula is C31H31F6N7O2. The van der Waals surface area contributed by atoms with Crippen molar-refractivity contribution in [1.29, 1.82) is 0 Å². The van der Waals surface area contributed by atoms with Crippen molar-refractivity contribution in [2.45, 2.75) is 18.5 Å². The molecule has 2 N–H and O–H groups in total. The normalized spacial score (nSPS) is 11.8. The number of benzene rings is 2. The minimum absolute atomic E-state index is 0.00669. The molecule has 0 bridgehead atoms. The summed E-state index contributed by atoms with van der Waals surface area (Å²) >= 11 is 0. The van der Waals surface area contributed by atoms with Gasteiger partial charge in [0.25, 0.3) is 5.91 Å².